The Labute approximate surface area is 105 Å². The highest BCUT2D eigenvalue weighted by Crippen LogP contribution is 2.40. The van der Waals surface area contributed by atoms with Gasteiger partial charge in [0.15, 0.2) is 5.72 Å². The van der Waals surface area contributed by atoms with Gasteiger partial charge in [-0.05, 0) is 20.8 Å². The van der Waals surface area contributed by atoms with Crippen molar-refractivity contribution < 1.29 is 5.11 Å². The molecule has 0 aromatic rings. The Morgan fingerprint density at radius 3 is 2.17 bits per heavy atom. The van der Waals surface area contributed by atoms with Gasteiger partial charge in [0.05, 0.1) is 5.57 Å². The summed E-state index contributed by atoms with van der Waals surface area (Å²) in [6, 6.07) is 5.03. The van der Waals surface area contributed by atoms with Crippen LogP contribution in [-0.4, -0.2) is 21.8 Å². The first-order valence-corrected chi connectivity index (χ1v) is 5.29. The van der Waals surface area contributed by atoms with Crippen LogP contribution in [0.25, 0.3) is 0 Å². The summed E-state index contributed by atoms with van der Waals surface area (Å²) < 4.78 is 0. The number of hydrogen-bond acceptors (Lipinski definition) is 6. The molecule has 1 aliphatic rings. The van der Waals surface area contributed by atoms with Crippen LogP contribution in [0.15, 0.2) is 22.5 Å². The summed E-state index contributed by atoms with van der Waals surface area (Å²) in [6.07, 6.45) is 0. The highest BCUT2D eigenvalue weighted by molar-refractivity contribution is 5.61. The van der Waals surface area contributed by atoms with Gasteiger partial charge in [0, 0.05) is 6.04 Å². The molecule has 1 aliphatic heterocycles. The van der Waals surface area contributed by atoms with E-state index in [2.05, 4.69) is 0 Å². The topological polar surface area (TPSA) is 121 Å². The zero-order valence-electron chi connectivity index (χ0n) is 10.4. The lowest BCUT2D eigenvalue weighted by Gasteiger charge is -2.36. The van der Waals surface area contributed by atoms with Gasteiger partial charge in [0.2, 0.25) is 0 Å². The summed E-state index contributed by atoms with van der Waals surface area (Å²) in [4.78, 5) is 1.41. The minimum absolute atomic E-state index is 0.0215. The number of nitrogens with zero attached hydrogens (tertiary/aromatic N) is 4. The van der Waals surface area contributed by atoms with Gasteiger partial charge in [-0.2, -0.15) is 15.8 Å². The van der Waals surface area contributed by atoms with Crippen LogP contribution in [0.5, 0.6) is 0 Å². The number of nitriles is 3. The molecule has 1 atom stereocenters. The third kappa shape index (κ3) is 1.68. The van der Waals surface area contributed by atoms with E-state index in [1.54, 1.807) is 26.0 Å². The molecule has 0 amide bonds. The fourth-order valence-electron chi connectivity index (χ4n) is 2.23. The number of aliphatic hydroxyl groups is 1. The van der Waals surface area contributed by atoms with E-state index in [0.717, 1.165) is 0 Å². The van der Waals surface area contributed by atoms with Gasteiger partial charge in [0.1, 0.15) is 35.2 Å². The van der Waals surface area contributed by atoms with Crippen LogP contribution in [0.3, 0.4) is 0 Å². The standard InChI is InChI=1S/C12H13N5O/c1-7(2)17-11(16)9(6-15)10(12(17,3)18)8(4-13)5-14/h7,18H,16H2,1-3H3. The summed E-state index contributed by atoms with van der Waals surface area (Å²) in [5.74, 6) is 0.0792. The van der Waals surface area contributed by atoms with Crippen LogP contribution in [0, 0.1) is 34.0 Å². The number of allylic oxidation sites excluding steroid dienone is 1. The first kappa shape index (κ1) is 13.6. The predicted octanol–water partition coefficient (Wildman–Crippen LogP) is 0.457. The first-order valence-electron chi connectivity index (χ1n) is 5.29. The highest BCUT2D eigenvalue weighted by Gasteiger charge is 2.47. The Morgan fingerprint density at radius 2 is 1.83 bits per heavy atom. The van der Waals surface area contributed by atoms with Crippen molar-refractivity contribution in [2.24, 2.45) is 5.73 Å². The quantitative estimate of drug-likeness (QED) is 0.645. The van der Waals surface area contributed by atoms with Crippen molar-refractivity contribution in [1.82, 2.24) is 4.90 Å². The van der Waals surface area contributed by atoms with Gasteiger partial charge >= 0.3 is 0 Å². The molecule has 3 N–H and O–H groups in total. The number of rotatable bonds is 1. The minimum atomic E-state index is -1.63. The van der Waals surface area contributed by atoms with Crippen LogP contribution < -0.4 is 5.73 Å². The van der Waals surface area contributed by atoms with Gasteiger partial charge in [-0.25, -0.2) is 0 Å². The van der Waals surface area contributed by atoms with Crippen molar-refractivity contribution in [3.05, 3.63) is 22.5 Å². The Hall–Kier alpha value is -2.49. The first-order chi connectivity index (χ1) is 8.32. The fraction of sp³-hybridized carbons (Fsp3) is 0.417. The van der Waals surface area contributed by atoms with E-state index in [1.807, 2.05) is 6.07 Å². The van der Waals surface area contributed by atoms with Gasteiger partial charge in [0.25, 0.3) is 0 Å². The Morgan fingerprint density at radius 1 is 1.33 bits per heavy atom. The van der Waals surface area contributed by atoms with Crippen LogP contribution in [0.4, 0.5) is 0 Å². The molecule has 0 aromatic heterocycles. The van der Waals surface area contributed by atoms with Crippen molar-refractivity contribution in [2.75, 3.05) is 0 Å². The van der Waals surface area contributed by atoms with E-state index in [1.165, 1.54) is 11.8 Å². The molecule has 6 heteroatoms. The van der Waals surface area contributed by atoms with E-state index in [-0.39, 0.29) is 28.6 Å². The van der Waals surface area contributed by atoms with Crippen LogP contribution in [0.2, 0.25) is 0 Å². The zero-order chi connectivity index (χ0) is 14.1. The van der Waals surface area contributed by atoms with Crippen molar-refractivity contribution >= 4 is 0 Å². The molecule has 1 unspecified atom stereocenters. The van der Waals surface area contributed by atoms with Gasteiger partial charge in [-0.1, -0.05) is 0 Å². The Balaban J connectivity index is 3.68. The second kappa shape index (κ2) is 4.41. The Bertz CT molecular complexity index is 547. The maximum atomic E-state index is 10.5. The average Bonchev–Trinajstić information content (AvgIpc) is 2.47. The number of nitrogens with two attached hydrogens (primary N) is 1. The normalized spacial score (nSPS) is 22.8. The molecule has 0 aromatic carbocycles. The molecule has 0 radical (unpaired) electrons. The molecule has 18 heavy (non-hydrogen) atoms. The highest BCUT2D eigenvalue weighted by atomic mass is 16.3. The van der Waals surface area contributed by atoms with E-state index >= 15 is 0 Å². The molecule has 0 fully saturated rings. The van der Waals surface area contributed by atoms with E-state index in [4.69, 9.17) is 21.5 Å². The van der Waals surface area contributed by atoms with Gasteiger partial charge in [-0.15, -0.1) is 0 Å². The van der Waals surface area contributed by atoms with E-state index in [9.17, 15) is 5.11 Å². The van der Waals surface area contributed by atoms with Crippen molar-refractivity contribution in [2.45, 2.75) is 32.5 Å². The van der Waals surface area contributed by atoms with E-state index in [0.29, 0.717) is 0 Å². The zero-order valence-corrected chi connectivity index (χ0v) is 10.4. The molecule has 1 heterocycles. The van der Waals surface area contributed by atoms with Crippen LogP contribution in [0.1, 0.15) is 20.8 Å². The van der Waals surface area contributed by atoms with Crippen LogP contribution in [-0.2, 0) is 0 Å². The second-order valence-electron chi connectivity index (χ2n) is 4.33. The predicted molar refractivity (Wildman–Crippen MR) is 62.7 cm³/mol. The van der Waals surface area contributed by atoms with Gasteiger partial charge < -0.3 is 15.7 Å². The molecular formula is C12H13N5O. The lowest BCUT2D eigenvalue weighted by atomic mass is 9.95. The average molecular weight is 243 g/mol. The molecule has 0 aliphatic carbocycles. The molecule has 0 spiro atoms. The number of hydrogen-bond donors (Lipinski definition) is 2. The lowest BCUT2D eigenvalue weighted by molar-refractivity contribution is -0.0452. The van der Waals surface area contributed by atoms with E-state index < -0.39 is 5.72 Å². The molecule has 0 saturated carbocycles. The summed E-state index contributed by atoms with van der Waals surface area (Å²) >= 11 is 0. The minimum Gasteiger partial charge on any atom is -0.384 e. The summed E-state index contributed by atoms with van der Waals surface area (Å²) in [6.45, 7) is 4.99. The van der Waals surface area contributed by atoms with Gasteiger partial charge in [-0.3, -0.25) is 0 Å². The maximum absolute atomic E-state index is 10.5. The molecule has 92 valence electrons. The lowest BCUT2D eigenvalue weighted by Crippen LogP contribution is -2.48. The van der Waals surface area contributed by atoms with Crippen molar-refractivity contribution in [3.8, 4) is 18.2 Å². The summed E-state index contributed by atoms with van der Waals surface area (Å²) in [5, 5.41) is 37.4. The largest absolute Gasteiger partial charge is 0.384 e. The molecule has 0 saturated heterocycles. The molecule has 0 bridgehead atoms. The monoisotopic (exact) mass is 243 g/mol. The summed E-state index contributed by atoms with van der Waals surface area (Å²) in [5.41, 5.74) is 3.83. The van der Waals surface area contributed by atoms with Crippen LogP contribution >= 0.6 is 0 Å². The smallest absolute Gasteiger partial charge is 0.166 e. The van der Waals surface area contributed by atoms with Crippen molar-refractivity contribution in [3.63, 3.8) is 0 Å². The molecule has 1 rings (SSSR count). The Kier molecular flexibility index (Phi) is 3.32. The molecular weight excluding hydrogens is 230 g/mol. The second-order valence-corrected chi connectivity index (χ2v) is 4.33. The summed E-state index contributed by atoms with van der Waals surface area (Å²) in [7, 11) is 0. The third-order valence-corrected chi connectivity index (χ3v) is 2.81. The SMILES string of the molecule is CC(C)N1C(N)=C(C#N)C(=C(C#N)C#N)C1(C)O. The molecule has 6 nitrogen and oxygen atoms in total. The maximum Gasteiger partial charge on any atom is 0.166 e. The fourth-order valence-corrected chi connectivity index (χ4v) is 2.23. The van der Waals surface area contributed by atoms with Crippen molar-refractivity contribution in [1.29, 1.82) is 15.8 Å². The third-order valence-electron chi connectivity index (χ3n) is 2.81.